The van der Waals surface area contributed by atoms with Gasteiger partial charge in [0, 0.05) is 26.2 Å². The molecule has 1 heterocycles. The van der Waals surface area contributed by atoms with Gasteiger partial charge in [0.15, 0.2) is 0 Å². The summed E-state index contributed by atoms with van der Waals surface area (Å²) in [6, 6.07) is 0. The Morgan fingerprint density at radius 1 is 1.00 bits per heavy atom. The van der Waals surface area contributed by atoms with Gasteiger partial charge >= 0.3 is 0 Å². The van der Waals surface area contributed by atoms with Gasteiger partial charge in [-0.05, 0) is 37.5 Å². The fourth-order valence-electron chi connectivity index (χ4n) is 2.75. The molecule has 1 aliphatic heterocycles. The van der Waals surface area contributed by atoms with E-state index < -0.39 is 0 Å². The van der Waals surface area contributed by atoms with Crippen molar-refractivity contribution < 1.29 is 9.84 Å². The zero-order valence-corrected chi connectivity index (χ0v) is 9.53. The average Bonchev–Trinajstić information content (AvgIpc) is 2.31. The highest BCUT2D eigenvalue weighted by molar-refractivity contribution is 4.75. The van der Waals surface area contributed by atoms with Gasteiger partial charge in [0.1, 0.15) is 0 Å². The maximum Gasteiger partial charge on any atom is 0.0594 e. The van der Waals surface area contributed by atoms with Crippen LogP contribution in [-0.4, -0.2) is 49.5 Å². The van der Waals surface area contributed by atoms with E-state index in [1.54, 1.807) is 0 Å². The molecule has 1 N–H and O–H groups in total. The molecule has 0 bridgehead atoms. The Morgan fingerprint density at radius 2 is 1.60 bits per heavy atom. The third-order valence-corrected chi connectivity index (χ3v) is 3.84. The van der Waals surface area contributed by atoms with E-state index in [0.717, 1.165) is 32.2 Å². The summed E-state index contributed by atoms with van der Waals surface area (Å²) in [5.41, 5.74) is 0. The van der Waals surface area contributed by atoms with E-state index >= 15 is 0 Å². The zero-order valence-electron chi connectivity index (χ0n) is 9.53. The summed E-state index contributed by atoms with van der Waals surface area (Å²) < 4.78 is 5.35. The Morgan fingerprint density at radius 3 is 2.20 bits per heavy atom. The Balaban J connectivity index is 1.67. The lowest BCUT2D eigenvalue weighted by Gasteiger charge is -2.33. The minimum Gasteiger partial charge on any atom is -0.396 e. The second-order valence-corrected chi connectivity index (χ2v) is 4.98. The SMILES string of the molecule is OCC1CCC(CN2CCOCC2)CC1. The minimum atomic E-state index is 0.393. The van der Waals surface area contributed by atoms with Gasteiger partial charge in [-0.15, -0.1) is 0 Å². The molecule has 0 amide bonds. The highest BCUT2D eigenvalue weighted by Gasteiger charge is 2.23. The maximum atomic E-state index is 9.07. The van der Waals surface area contributed by atoms with E-state index in [1.165, 1.54) is 32.2 Å². The van der Waals surface area contributed by atoms with Crippen molar-refractivity contribution in [1.82, 2.24) is 4.90 Å². The zero-order chi connectivity index (χ0) is 10.5. The van der Waals surface area contributed by atoms with Crippen LogP contribution in [0.15, 0.2) is 0 Å². The molecule has 2 aliphatic rings. The van der Waals surface area contributed by atoms with Crippen molar-refractivity contribution in [2.75, 3.05) is 39.5 Å². The highest BCUT2D eigenvalue weighted by Crippen LogP contribution is 2.29. The van der Waals surface area contributed by atoms with Gasteiger partial charge in [0.05, 0.1) is 13.2 Å². The number of morpholine rings is 1. The number of aliphatic hydroxyl groups excluding tert-OH is 1. The molecule has 1 saturated heterocycles. The molecule has 1 aliphatic carbocycles. The van der Waals surface area contributed by atoms with Crippen LogP contribution in [0.2, 0.25) is 0 Å². The van der Waals surface area contributed by atoms with Crippen molar-refractivity contribution in [3.63, 3.8) is 0 Å². The number of ether oxygens (including phenoxy) is 1. The number of hydrogen-bond donors (Lipinski definition) is 1. The highest BCUT2D eigenvalue weighted by atomic mass is 16.5. The van der Waals surface area contributed by atoms with Gasteiger partial charge < -0.3 is 9.84 Å². The van der Waals surface area contributed by atoms with Gasteiger partial charge in [0.2, 0.25) is 0 Å². The molecule has 0 radical (unpaired) electrons. The summed E-state index contributed by atoms with van der Waals surface area (Å²) >= 11 is 0. The van der Waals surface area contributed by atoms with E-state index in [0.29, 0.717) is 12.5 Å². The first-order valence-electron chi connectivity index (χ1n) is 6.29. The summed E-state index contributed by atoms with van der Waals surface area (Å²) in [6.45, 7) is 5.68. The molecule has 3 heteroatoms. The van der Waals surface area contributed by atoms with Crippen LogP contribution in [0.3, 0.4) is 0 Å². The topological polar surface area (TPSA) is 32.7 Å². The quantitative estimate of drug-likeness (QED) is 0.762. The fraction of sp³-hybridized carbons (Fsp3) is 1.00. The molecule has 0 spiro atoms. The Bertz CT molecular complexity index is 172. The summed E-state index contributed by atoms with van der Waals surface area (Å²) in [5.74, 6) is 1.46. The molecule has 0 atom stereocenters. The van der Waals surface area contributed by atoms with Crippen molar-refractivity contribution in [2.24, 2.45) is 11.8 Å². The van der Waals surface area contributed by atoms with Crippen molar-refractivity contribution in [3.05, 3.63) is 0 Å². The monoisotopic (exact) mass is 213 g/mol. The molecule has 2 rings (SSSR count). The fourth-order valence-corrected chi connectivity index (χ4v) is 2.75. The standard InChI is InChI=1S/C12H23NO2/c14-10-12-3-1-11(2-4-12)9-13-5-7-15-8-6-13/h11-12,14H,1-10H2. The number of rotatable bonds is 3. The van der Waals surface area contributed by atoms with Crippen LogP contribution in [0.25, 0.3) is 0 Å². The van der Waals surface area contributed by atoms with E-state index in [9.17, 15) is 0 Å². The molecule has 1 saturated carbocycles. The van der Waals surface area contributed by atoms with Gasteiger partial charge in [0.25, 0.3) is 0 Å². The van der Waals surface area contributed by atoms with Gasteiger partial charge in [-0.2, -0.15) is 0 Å². The minimum absolute atomic E-state index is 0.393. The molecular weight excluding hydrogens is 190 g/mol. The molecule has 0 aromatic heterocycles. The molecule has 2 fully saturated rings. The first-order valence-corrected chi connectivity index (χ1v) is 6.29. The molecule has 0 unspecified atom stereocenters. The summed E-state index contributed by atoms with van der Waals surface area (Å²) in [6.07, 6.45) is 5.07. The van der Waals surface area contributed by atoms with Crippen molar-refractivity contribution in [1.29, 1.82) is 0 Å². The van der Waals surface area contributed by atoms with Gasteiger partial charge in [-0.25, -0.2) is 0 Å². The van der Waals surface area contributed by atoms with Crippen molar-refractivity contribution in [3.8, 4) is 0 Å². The van der Waals surface area contributed by atoms with Crippen LogP contribution in [0.4, 0.5) is 0 Å². The Hall–Kier alpha value is -0.120. The first-order chi connectivity index (χ1) is 7.38. The number of aliphatic hydroxyl groups is 1. The van der Waals surface area contributed by atoms with Crippen molar-refractivity contribution >= 4 is 0 Å². The predicted molar refractivity (Wildman–Crippen MR) is 59.8 cm³/mol. The Kier molecular flexibility index (Phi) is 4.42. The molecule has 3 nitrogen and oxygen atoms in total. The second-order valence-electron chi connectivity index (χ2n) is 4.98. The van der Waals surface area contributed by atoms with Crippen LogP contribution in [-0.2, 0) is 4.74 Å². The van der Waals surface area contributed by atoms with E-state index in [4.69, 9.17) is 9.84 Å². The van der Waals surface area contributed by atoms with Crippen LogP contribution in [0.1, 0.15) is 25.7 Å². The molecule has 0 aromatic carbocycles. The van der Waals surface area contributed by atoms with E-state index in [-0.39, 0.29) is 0 Å². The van der Waals surface area contributed by atoms with Crippen LogP contribution in [0, 0.1) is 11.8 Å². The van der Waals surface area contributed by atoms with Crippen LogP contribution in [0.5, 0.6) is 0 Å². The molecule has 15 heavy (non-hydrogen) atoms. The predicted octanol–water partition coefficient (Wildman–Crippen LogP) is 1.12. The van der Waals surface area contributed by atoms with Crippen molar-refractivity contribution in [2.45, 2.75) is 25.7 Å². The molecule has 88 valence electrons. The van der Waals surface area contributed by atoms with E-state index in [2.05, 4.69) is 4.90 Å². The normalized spacial score (nSPS) is 34.2. The lowest BCUT2D eigenvalue weighted by Crippen LogP contribution is -2.40. The van der Waals surface area contributed by atoms with E-state index in [1.807, 2.05) is 0 Å². The summed E-state index contributed by atoms with van der Waals surface area (Å²) in [4.78, 5) is 2.54. The summed E-state index contributed by atoms with van der Waals surface area (Å²) in [5, 5.41) is 9.07. The number of nitrogens with zero attached hydrogens (tertiary/aromatic N) is 1. The first kappa shape index (κ1) is 11.4. The Labute approximate surface area is 92.4 Å². The van der Waals surface area contributed by atoms with Gasteiger partial charge in [-0.1, -0.05) is 0 Å². The average molecular weight is 213 g/mol. The third-order valence-electron chi connectivity index (χ3n) is 3.84. The smallest absolute Gasteiger partial charge is 0.0594 e. The number of hydrogen-bond acceptors (Lipinski definition) is 3. The van der Waals surface area contributed by atoms with Crippen LogP contribution < -0.4 is 0 Å². The van der Waals surface area contributed by atoms with Gasteiger partial charge in [-0.3, -0.25) is 4.90 Å². The molecular formula is C12H23NO2. The largest absolute Gasteiger partial charge is 0.396 e. The molecule has 0 aromatic rings. The lowest BCUT2D eigenvalue weighted by molar-refractivity contribution is 0.0252. The second kappa shape index (κ2) is 5.83. The summed E-state index contributed by atoms with van der Waals surface area (Å²) in [7, 11) is 0. The third kappa shape index (κ3) is 3.44. The maximum absolute atomic E-state index is 9.07. The lowest BCUT2D eigenvalue weighted by atomic mass is 9.82. The van der Waals surface area contributed by atoms with Crippen LogP contribution >= 0.6 is 0 Å².